The van der Waals surface area contributed by atoms with Gasteiger partial charge in [-0.2, -0.15) is 0 Å². The fraction of sp³-hybridized carbons (Fsp3) is 0.467. The molecule has 1 N–H and O–H groups in total. The Balaban J connectivity index is 1.89. The van der Waals surface area contributed by atoms with Crippen molar-refractivity contribution in [2.24, 2.45) is 0 Å². The van der Waals surface area contributed by atoms with Crippen molar-refractivity contribution >= 4 is 17.5 Å². The van der Waals surface area contributed by atoms with E-state index in [1.54, 1.807) is 4.90 Å². The van der Waals surface area contributed by atoms with Gasteiger partial charge in [-0.3, -0.25) is 9.59 Å². The van der Waals surface area contributed by atoms with E-state index in [1.165, 1.54) is 0 Å². The molecule has 0 bridgehead atoms. The average Bonchev–Trinajstić information content (AvgIpc) is 3.13. The van der Waals surface area contributed by atoms with E-state index in [9.17, 15) is 9.59 Å². The van der Waals surface area contributed by atoms with Gasteiger partial charge in [-0.15, -0.1) is 0 Å². The van der Waals surface area contributed by atoms with Crippen LogP contribution in [0.25, 0.3) is 0 Å². The molecule has 0 radical (unpaired) electrons. The molecule has 19 heavy (non-hydrogen) atoms. The summed E-state index contributed by atoms with van der Waals surface area (Å²) in [7, 11) is 0. The Hall–Kier alpha value is -1.84. The summed E-state index contributed by atoms with van der Waals surface area (Å²) >= 11 is 0. The van der Waals surface area contributed by atoms with E-state index >= 15 is 0 Å². The number of carbonyl (C=O) groups excluding carboxylic acids is 2. The predicted molar refractivity (Wildman–Crippen MR) is 73.3 cm³/mol. The van der Waals surface area contributed by atoms with Gasteiger partial charge in [0.2, 0.25) is 5.91 Å². The van der Waals surface area contributed by atoms with Crippen LogP contribution in [-0.2, 0) is 11.2 Å². The van der Waals surface area contributed by atoms with E-state index in [0.29, 0.717) is 19.0 Å². The fourth-order valence-corrected chi connectivity index (χ4v) is 2.59. The third kappa shape index (κ3) is 2.23. The topological polar surface area (TPSA) is 49.4 Å². The molecule has 4 nitrogen and oxygen atoms in total. The van der Waals surface area contributed by atoms with Gasteiger partial charge in [0, 0.05) is 30.3 Å². The average molecular weight is 258 g/mol. The van der Waals surface area contributed by atoms with Gasteiger partial charge in [-0.05, 0) is 37.0 Å². The summed E-state index contributed by atoms with van der Waals surface area (Å²) in [6, 6.07) is 6.01. The SMILES string of the molecule is CCC(=O)N1CCc2c(C(=O)NC3CC3)cccc21. The van der Waals surface area contributed by atoms with E-state index in [0.717, 1.165) is 36.1 Å². The first-order valence-corrected chi connectivity index (χ1v) is 6.94. The zero-order valence-electron chi connectivity index (χ0n) is 11.1. The molecule has 4 heteroatoms. The Kier molecular flexibility index (Phi) is 3.01. The van der Waals surface area contributed by atoms with E-state index < -0.39 is 0 Å². The summed E-state index contributed by atoms with van der Waals surface area (Å²) in [5, 5.41) is 3.02. The molecule has 1 aromatic rings. The Morgan fingerprint density at radius 1 is 1.37 bits per heavy atom. The van der Waals surface area contributed by atoms with Crippen LogP contribution in [0.3, 0.4) is 0 Å². The van der Waals surface area contributed by atoms with Gasteiger partial charge in [0.05, 0.1) is 0 Å². The standard InChI is InChI=1S/C15H18N2O2/c1-2-14(18)17-9-8-11-12(4-3-5-13(11)17)15(19)16-10-6-7-10/h3-5,10H,2,6-9H2,1H3,(H,16,19). The van der Waals surface area contributed by atoms with Gasteiger partial charge in [-0.1, -0.05) is 13.0 Å². The largest absolute Gasteiger partial charge is 0.349 e. The van der Waals surface area contributed by atoms with Crippen LogP contribution in [0, 0.1) is 0 Å². The highest BCUT2D eigenvalue weighted by Crippen LogP contribution is 2.31. The van der Waals surface area contributed by atoms with Gasteiger partial charge < -0.3 is 10.2 Å². The Morgan fingerprint density at radius 3 is 2.84 bits per heavy atom. The first-order valence-electron chi connectivity index (χ1n) is 6.94. The lowest BCUT2D eigenvalue weighted by Crippen LogP contribution is -2.28. The van der Waals surface area contributed by atoms with Gasteiger partial charge >= 0.3 is 0 Å². The smallest absolute Gasteiger partial charge is 0.251 e. The van der Waals surface area contributed by atoms with E-state index in [2.05, 4.69) is 5.32 Å². The maximum atomic E-state index is 12.2. The van der Waals surface area contributed by atoms with Crippen LogP contribution in [-0.4, -0.2) is 24.4 Å². The summed E-state index contributed by atoms with van der Waals surface area (Å²) in [4.78, 5) is 25.9. The first kappa shape index (κ1) is 12.2. The molecule has 0 spiro atoms. The molecule has 0 saturated heterocycles. The molecule has 1 heterocycles. The van der Waals surface area contributed by atoms with E-state index in [-0.39, 0.29) is 11.8 Å². The normalized spacial score (nSPS) is 17.2. The quantitative estimate of drug-likeness (QED) is 0.900. The van der Waals surface area contributed by atoms with Crippen molar-refractivity contribution < 1.29 is 9.59 Å². The van der Waals surface area contributed by atoms with Crippen molar-refractivity contribution in [2.75, 3.05) is 11.4 Å². The molecule has 100 valence electrons. The second-order valence-corrected chi connectivity index (χ2v) is 5.20. The number of amides is 2. The highest BCUT2D eigenvalue weighted by atomic mass is 16.2. The lowest BCUT2D eigenvalue weighted by atomic mass is 10.0. The molecular weight excluding hydrogens is 240 g/mol. The summed E-state index contributed by atoms with van der Waals surface area (Å²) in [6.45, 7) is 2.56. The van der Waals surface area contributed by atoms with Gasteiger partial charge in [0.15, 0.2) is 0 Å². The molecule has 0 aromatic heterocycles. The predicted octanol–water partition coefficient (Wildman–Crippen LogP) is 1.88. The second kappa shape index (κ2) is 4.68. The van der Waals surface area contributed by atoms with Crippen LogP contribution in [0.1, 0.15) is 42.1 Å². The number of hydrogen-bond acceptors (Lipinski definition) is 2. The minimum atomic E-state index is 0.00477. The molecule has 1 saturated carbocycles. The summed E-state index contributed by atoms with van der Waals surface area (Å²) < 4.78 is 0. The van der Waals surface area contributed by atoms with E-state index in [4.69, 9.17) is 0 Å². The number of benzene rings is 1. The monoisotopic (exact) mass is 258 g/mol. The first-order chi connectivity index (χ1) is 9.20. The second-order valence-electron chi connectivity index (χ2n) is 5.20. The molecule has 0 unspecified atom stereocenters. The van der Waals surface area contributed by atoms with Crippen LogP contribution in [0.2, 0.25) is 0 Å². The Morgan fingerprint density at radius 2 is 2.16 bits per heavy atom. The summed E-state index contributed by atoms with van der Waals surface area (Å²) in [5.74, 6) is 0.128. The molecule has 2 amide bonds. The van der Waals surface area contributed by atoms with Crippen molar-refractivity contribution in [1.82, 2.24) is 5.32 Å². The maximum Gasteiger partial charge on any atom is 0.251 e. The number of anilines is 1. The van der Waals surface area contributed by atoms with Crippen molar-refractivity contribution in [3.8, 4) is 0 Å². The van der Waals surface area contributed by atoms with Crippen molar-refractivity contribution in [2.45, 2.75) is 38.6 Å². The van der Waals surface area contributed by atoms with Gasteiger partial charge in [0.25, 0.3) is 5.91 Å². The fourth-order valence-electron chi connectivity index (χ4n) is 2.59. The summed E-state index contributed by atoms with van der Waals surface area (Å²) in [5.41, 5.74) is 2.66. The minimum Gasteiger partial charge on any atom is -0.349 e. The third-order valence-corrected chi connectivity index (χ3v) is 3.79. The molecule has 2 aliphatic rings. The lowest BCUT2D eigenvalue weighted by Gasteiger charge is -2.16. The van der Waals surface area contributed by atoms with Crippen LogP contribution < -0.4 is 10.2 Å². The lowest BCUT2D eigenvalue weighted by molar-refractivity contribution is -0.118. The van der Waals surface area contributed by atoms with Crippen LogP contribution in [0.4, 0.5) is 5.69 Å². The van der Waals surface area contributed by atoms with Gasteiger partial charge in [-0.25, -0.2) is 0 Å². The third-order valence-electron chi connectivity index (χ3n) is 3.79. The van der Waals surface area contributed by atoms with Crippen LogP contribution >= 0.6 is 0 Å². The van der Waals surface area contributed by atoms with E-state index in [1.807, 2.05) is 25.1 Å². The number of fused-ring (bicyclic) bond motifs is 1. The highest BCUT2D eigenvalue weighted by molar-refractivity contribution is 6.01. The van der Waals surface area contributed by atoms with Crippen LogP contribution in [0.5, 0.6) is 0 Å². The minimum absolute atomic E-state index is 0.00477. The van der Waals surface area contributed by atoms with Crippen molar-refractivity contribution in [3.63, 3.8) is 0 Å². The number of rotatable bonds is 3. The van der Waals surface area contributed by atoms with Crippen molar-refractivity contribution in [3.05, 3.63) is 29.3 Å². The molecule has 0 atom stereocenters. The number of nitrogens with zero attached hydrogens (tertiary/aromatic N) is 1. The zero-order valence-corrected chi connectivity index (χ0v) is 11.1. The Labute approximate surface area is 112 Å². The molecule has 1 fully saturated rings. The molecular formula is C15H18N2O2. The zero-order chi connectivity index (χ0) is 13.4. The number of hydrogen-bond donors (Lipinski definition) is 1. The molecule has 1 aliphatic heterocycles. The van der Waals surface area contributed by atoms with Gasteiger partial charge in [0.1, 0.15) is 0 Å². The molecule has 1 aliphatic carbocycles. The number of nitrogens with one attached hydrogen (secondary N) is 1. The maximum absolute atomic E-state index is 12.2. The van der Waals surface area contributed by atoms with Crippen LogP contribution in [0.15, 0.2) is 18.2 Å². The highest BCUT2D eigenvalue weighted by Gasteiger charge is 2.29. The number of carbonyl (C=O) groups is 2. The molecule has 3 rings (SSSR count). The Bertz CT molecular complexity index is 535. The summed E-state index contributed by atoms with van der Waals surface area (Å²) in [6.07, 6.45) is 3.44. The van der Waals surface area contributed by atoms with Crippen molar-refractivity contribution in [1.29, 1.82) is 0 Å². The molecule has 1 aromatic carbocycles.